The second kappa shape index (κ2) is 65.1. The highest BCUT2D eigenvalue weighted by molar-refractivity contribution is 5.76. The van der Waals surface area contributed by atoms with Crippen LogP contribution in [0.5, 0.6) is 0 Å². The summed E-state index contributed by atoms with van der Waals surface area (Å²) in [7, 11) is 0. The highest BCUT2D eigenvalue weighted by Crippen LogP contribution is 2.23. The Morgan fingerprint density at radius 2 is 0.793 bits per heavy atom. The van der Waals surface area contributed by atoms with Crippen molar-refractivity contribution in [1.29, 1.82) is 0 Å². The number of hydrogen-bond donors (Lipinski definition) is 6. The van der Waals surface area contributed by atoms with Crippen LogP contribution < -0.4 is 5.32 Å². The third kappa shape index (κ3) is 53.9. The number of aliphatic hydroxyl groups is 5. The van der Waals surface area contributed by atoms with Crippen molar-refractivity contribution in [2.45, 2.75) is 403 Å². The van der Waals surface area contributed by atoms with Crippen LogP contribution in [-0.4, -0.2) is 100 Å². The summed E-state index contributed by atoms with van der Waals surface area (Å²) < 4.78 is 16.7. The van der Waals surface area contributed by atoms with E-state index in [1.165, 1.54) is 276 Å². The van der Waals surface area contributed by atoms with E-state index in [1.807, 2.05) is 19.1 Å². The number of hydrogen-bond acceptors (Lipinski definition) is 10. The van der Waals surface area contributed by atoms with Gasteiger partial charge in [0.05, 0.1) is 32.0 Å². The lowest BCUT2D eigenvalue weighted by Crippen LogP contribution is -2.60. The van der Waals surface area contributed by atoms with Crippen LogP contribution in [0.25, 0.3) is 0 Å². The number of ether oxygens (including phenoxy) is 3. The molecule has 87 heavy (non-hydrogen) atoms. The standard InChI is InChI=1S/C76H141NO10/c1-3-5-7-9-11-13-14-15-16-17-35-38-41-44-48-52-56-60-64-72(81)85-65-61-57-53-49-45-42-39-36-33-31-29-27-25-23-21-19-18-20-22-24-26-28-30-32-34-37-40-43-47-51-55-59-63-71(80)77-68(69(79)62-58-54-50-46-12-10-8-6-4-2)67-86-76-75(84)74(83)73(82)70(66-78)87-76/h4,6,12,21,23,46,58,62,68-70,73-76,78-79,82-84H,3,5,7-11,13-20,22,24-45,47-57,59-61,63-67H2,1-2H3,(H,77,80)/b6-4+,23-21-,46-12+,62-58+. The van der Waals surface area contributed by atoms with E-state index >= 15 is 0 Å². The van der Waals surface area contributed by atoms with E-state index in [0.29, 0.717) is 19.4 Å². The molecule has 1 rings (SSSR count). The Morgan fingerprint density at radius 1 is 0.437 bits per heavy atom. The molecule has 7 atom stereocenters. The third-order valence-corrected chi connectivity index (χ3v) is 17.7. The molecule has 11 nitrogen and oxygen atoms in total. The second-order valence-electron chi connectivity index (χ2n) is 26.0. The van der Waals surface area contributed by atoms with Gasteiger partial charge in [0, 0.05) is 12.8 Å². The first-order chi connectivity index (χ1) is 42.7. The molecule has 0 bridgehead atoms. The average molecular weight is 1230 g/mol. The molecule has 1 saturated heterocycles. The Bertz CT molecular complexity index is 1580. The molecule has 1 aliphatic rings. The molecule has 0 saturated carbocycles. The van der Waals surface area contributed by atoms with Gasteiger partial charge in [0.2, 0.25) is 5.91 Å². The van der Waals surface area contributed by atoms with Gasteiger partial charge in [-0.2, -0.15) is 0 Å². The van der Waals surface area contributed by atoms with Crippen LogP contribution in [0.1, 0.15) is 361 Å². The average Bonchev–Trinajstić information content (AvgIpc) is 3.18. The smallest absolute Gasteiger partial charge is 0.305 e. The molecule has 0 aromatic heterocycles. The molecular weight excluding hydrogens is 1090 g/mol. The normalized spacial score (nSPS) is 18.1. The Kier molecular flexibility index (Phi) is 61.9. The monoisotopic (exact) mass is 1230 g/mol. The van der Waals surface area contributed by atoms with Crippen LogP contribution in [0.15, 0.2) is 48.6 Å². The van der Waals surface area contributed by atoms with E-state index in [1.54, 1.807) is 6.08 Å². The van der Waals surface area contributed by atoms with Crippen molar-refractivity contribution in [2.75, 3.05) is 19.8 Å². The summed E-state index contributed by atoms with van der Waals surface area (Å²) in [4.78, 5) is 25.1. The maximum atomic E-state index is 13.0. The number of nitrogens with one attached hydrogen (secondary N) is 1. The first-order valence-corrected chi connectivity index (χ1v) is 37.4. The maximum Gasteiger partial charge on any atom is 0.305 e. The first-order valence-electron chi connectivity index (χ1n) is 37.4. The molecule has 7 unspecified atom stereocenters. The predicted octanol–water partition coefficient (Wildman–Crippen LogP) is 19.5. The Hall–Kier alpha value is -2.38. The third-order valence-electron chi connectivity index (χ3n) is 17.7. The Balaban J connectivity index is 1.88. The fourth-order valence-corrected chi connectivity index (χ4v) is 11.9. The number of esters is 1. The summed E-state index contributed by atoms with van der Waals surface area (Å²) in [6.45, 7) is 4.13. The van der Waals surface area contributed by atoms with E-state index in [-0.39, 0.29) is 18.5 Å². The number of rotatable bonds is 66. The van der Waals surface area contributed by atoms with E-state index < -0.39 is 49.5 Å². The number of carbonyl (C=O) groups is 2. The quantitative estimate of drug-likeness (QED) is 0.0195. The minimum Gasteiger partial charge on any atom is -0.466 e. The lowest BCUT2D eigenvalue weighted by atomic mass is 9.99. The molecule has 1 heterocycles. The van der Waals surface area contributed by atoms with Gasteiger partial charge in [-0.1, -0.05) is 319 Å². The molecule has 510 valence electrons. The first kappa shape index (κ1) is 82.6. The highest BCUT2D eigenvalue weighted by Gasteiger charge is 2.44. The zero-order valence-electron chi connectivity index (χ0n) is 56.7. The van der Waals surface area contributed by atoms with Gasteiger partial charge in [-0.05, 0) is 77.6 Å². The minimum absolute atomic E-state index is 0.0149. The fourth-order valence-electron chi connectivity index (χ4n) is 11.9. The lowest BCUT2D eigenvalue weighted by molar-refractivity contribution is -0.302. The maximum absolute atomic E-state index is 13.0. The van der Waals surface area contributed by atoms with Gasteiger partial charge in [0.25, 0.3) is 0 Å². The van der Waals surface area contributed by atoms with Crippen molar-refractivity contribution in [2.24, 2.45) is 0 Å². The minimum atomic E-state index is -1.58. The zero-order valence-corrected chi connectivity index (χ0v) is 56.7. The van der Waals surface area contributed by atoms with Gasteiger partial charge < -0.3 is 45.1 Å². The Labute approximate surface area is 536 Å². The SMILES string of the molecule is C/C=C/CC/C=C/CC/C=C/C(O)C(COC1OC(CO)C(O)C(O)C1O)NC(=O)CCCCCCCCCCCCCCCCCC/C=C\CCCCCCCCCCCCCCOC(=O)CCCCCCCCCCCCCCCCCCCC. The number of amides is 1. The fraction of sp³-hybridized carbons (Fsp3) is 0.868. The summed E-state index contributed by atoms with van der Waals surface area (Å²) >= 11 is 0. The molecule has 0 aromatic rings. The van der Waals surface area contributed by atoms with Crippen LogP contribution in [0.4, 0.5) is 0 Å². The summed E-state index contributed by atoms with van der Waals surface area (Å²) in [6, 6.07) is -0.832. The van der Waals surface area contributed by atoms with E-state index in [9.17, 15) is 35.1 Å². The van der Waals surface area contributed by atoms with Gasteiger partial charge in [-0.3, -0.25) is 9.59 Å². The van der Waals surface area contributed by atoms with Crippen LogP contribution in [-0.2, 0) is 23.8 Å². The molecule has 0 aliphatic carbocycles. The van der Waals surface area contributed by atoms with Gasteiger partial charge in [0.15, 0.2) is 6.29 Å². The van der Waals surface area contributed by atoms with Gasteiger partial charge in [-0.15, -0.1) is 0 Å². The molecular formula is C76H141NO10. The van der Waals surface area contributed by atoms with Crippen molar-refractivity contribution in [3.05, 3.63) is 48.6 Å². The number of carbonyl (C=O) groups excluding carboxylic acids is 2. The zero-order chi connectivity index (χ0) is 63.0. The molecule has 6 N–H and O–H groups in total. The van der Waals surface area contributed by atoms with E-state index in [0.717, 1.165) is 57.8 Å². The lowest BCUT2D eigenvalue weighted by Gasteiger charge is -2.40. The number of aliphatic hydroxyl groups excluding tert-OH is 5. The summed E-state index contributed by atoms with van der Waals surface area (Å²) in [5.41, 5.74) is 0. The van der Waals surface area contributed by atoms with Crippen molar-refractivity contribution in [3.63, 3.8) is 0 Å². The number of allylic oxidation sites excluding steroid dienone is 7. The molecule has 0 aromatic carbocycles. The number of unbranched alkanes of at least 4 members (excludes halogenated alkanes) is 47. The van der Waals surface area contributed by atoms with Gasteiger partial charge >= 0.3 is 5.97 Å². The van der Waals surface area contributed by atoms with Crippen molar-refractivity contribution in [3.8, 4) is 0 Å². The van der Waals surface area contributed by atoms with Gasteiger partial charge in [-0.25, -0.2) is 0 Å². The van der Waals surface area contributed by atoms with E-state index in [2.05, 4.69) is 42.6 Å². The topological polar surface area (TPSA) is 175 Å². The van der Waals surface area contributed by atoms with E-state index in [4.69, 9.17) is 14.2 Å². The van der Waals surface area contributed by atoms with Gasteiger partial charge in [0.1, 0.15) is 24.4 Å². The van der Waals surface area contributed by atoms with Crippen molar-refractivity contribution in [1.82, 2.24) is 5.32 Å². The van der Waals surface area contributed by atoms with Crippen LogP contribution >= 0.6 is 0 Å². The van der Waals surface area contributed by atoms with Crippen molar-refractivity contribution >= 4 is 11.9 Å². The second-order valence-corrected chi connectivity index (χ2v) is 26.0. The van der Waals surface area contributed by atoms with Crippen LogP contribution in [0.3, 0.4) is 0 Å². The molecule has 1 aliphatic heterocycles. The molecule has 1 amide bonds. The molecule has 0 spiro atoms. The highest BCUT2D eigenvalue weighted by atomic mass is 16.7. The summed E-state index contributed by atoms with van der Waals surface area (Å²) in [5.74, 6) is -0.181. The predicted molar refractivity (Wildman–Crippen MR) is 366 cm³/mol. The Morgan fingerprint density at radius 3 is 1.21 bits per heavy atom. The van der Waals surface area contributed by atoms with Crippen molar-refractivity contribution < 1.29 is 49.3 Å². The molecule has 0 radical (unpaired) electrons. The van der Waals surface area contributed by atoms with Crippen LogP contribution in [0.2, 0.25) is 0 Å². The summed E-state index contributed by atoms with van der Waals surface area (Å²) in [6.07, 6.45) is 76.0. The molecule has 1 fully saturated rings. The largest absolute Gasteiger partial charge is 0.466 e. The molecule has 11 heteroatoms. The summed E-state index contributed by atoms with van der Waals surface area (Å²) in [5, 5.41) is 54.2. The van der Waals surface area contributed by atoms with Crippen LogP contribution in [0, 0.1) is 0 Å².